The van der Waals surface area contributed by atoms with Crippen LogP contribution >= 0.6 is 11.6 Å². The van der Waals surface area contributed by atoms with E-state index in [1.807, 2.05) is 6.07 Å². The van der Waals surface area contributed by atoms with Gasteiger partial charge in [0.2, 0.25) is 5.91 Å². The van der Waals surface area contributed by atoms with E-state index in [2.05, 4.69) is 20.6 Å². The Morgan fingerprint density at radius 2 is 2.00 bits per heavy atom. The van der Waals surface area contributed by atoms with E-state index in [9.17, 15) is 9.59 Å². The van der Waals surface area contributed by atoms with E-state index < -0.39 is 11.7 Å². The van der Waals surface area contributed by atoms with E-state index in [1.165, 1.54) is 17.3 Å². The van der Waals surface area contributed by atoms with Crippen molar-refractivity contribution < 1.29 is 9.32 Å². The highest BCUT2D eigenvalue weighted by molar-refractivity contribution is 6.31. The maximum atomic E-state index is 12.6. The highest BCUT2D eigenvalue weighted by Gasteiger charge is 2.17. The molecule has 4 aromatic rings. The molecule has 0 fully saturated rings. The van der Waals surface area contributed by atoms with Gasteiger partial charge in [0.05, 0.1) is 11.4 Å². The number of aromatic nitrogens is 5. The summed E-state index contributed by atoms with van der Waals surface area (Å²) in [5.41, 5.74) is 1.66. The Bertz CT molecular complexity index is 1170. The first-order valence-corrected chi connectivity index (χ1v) is 8.56. The Kier molecular flexibility index (Phi) is 4.73. The van der Waals surface area contributed by atoms with Crippen LogP contribution in [0.15, 0.2) is 70.5 Å². The molecule has 2 heterocycles. The lowest BCUT2D eigenvalue weighted by molar-refractivity contribution is -0.116. The van der Waals surface area contributed by atoms with Crippen molar-refractivity contribution in [2.45, 2.75) is 6.54 Å². The van der Waals surface area contributed by atoms with Gasteiger partial charge in [-0.05, 0) is 18.2 Å². The molecule has 2 aromatic carbocycles. The molecule has 0 aliphatic carbocycles. The van der Waals surface area contributed by atoms with Crippen molar-refractivity contribution in [3.05, 3.63) is 76.8 Å². The standard InChI is InChI=1S/C18H13ClN6O3/c19-13-6-7-15(25-11-20-10-21-25)14(8-13)22-16(26)9-24-17(23-28-18(24)27)12-4-2-1-3-5-12/h1-8,10-11H,9H2,(H,22,26). The van der Waals surface area contributed by atoms with E-state index in [0.29, 0.717) is 22.0 Å². The Morgan fingerprint density at radius 1 is 1.18 bits per heavy atom. The molecule has 1 amide bonds. The lowest BCUT2D eigenvalue weighted by atomic mass is 10.2. The van der Waals surface area contributed by atoms with Crippen LogP contribution in [0.2, 0.25) is 5.02 Å². The predicted molar refractivity (Wildman–Crippen MR) is 101 cm³/mol. The van der Waals surface area contributed by atoms with Crippen LogP contribution in [0.4, 0.5) is 5.69 Å². The fraction of sp³-hybridized carbons (Fsp3) is 0.0556. The summed E-state index contributed by atoms with van der Waals surface area (Å²) < 4.78 is 7.39. The van der Waals surface area contributed by atoms with Gasteiger partial charge in [0, 0.05) is 10.6 Å². The van der Waals surface area contributed by atoms with Crippen LogP contribution in [-0.4, -0.2) is 30.4 Å². The summed E-state index contributed by atoms with van der Waals surface area (Å²) in [4.78, 5) is 28.5. The quantitative estimate of drug-likeness (QED) is 0.555. The number of nitrogens with one attached hydrogen (secondary N) is 1. The van der Waals surface area contributed by atoms with Crippen molar-refractivity contribution in [2.24, 2.45) is 0 Å². The molecule has 4 rings (SSSR count). The van der Waals surface area contributed by atoms with Crippen LogP contribution < -0.4 is 11.1 Å². The van der Waals surface area contributed by atoms with Crippen LogP contribution in [0.25, 0.3) is 17.1 Å². The van der Waals surface area contributed by atoms with E-state index in [-0.39, 0.29) is 12.4 Å². The Balaban J connectivity index is 1.61. The van der Waals surface area contributed by atoms with E-state index in [1.54, 1.807) is 42.5 Å². The number of halogens is 1. The highest BCUT2D eigenvalue weighted by Crippen LogP contribution is 2.24. The topological polar surface area (TPSA) is 108 Å². The van der Waals surface area contributed by atoms with Gasteiger partial charge in [0.1, 0.15) is 19.2 Å². The van der Waals surface area contributed by atoms with Crippen LogP contribution in [0, 0.1) is 0 Å². The molecule has 0 bridgehead atoms. The summed E-state index contributed by atoms with van der Waals surface area (Å²) >= 11 is 6.06. The van der Waals surface area contributed by atoms with Crippen LogP contribution in [-0.2, 0) is 11.3 Å². The first kappa shape index (κ1) is 17.7. The van der Waals surface area contributed by atoms with Crippen LogP contribution in [0.1, 0.15) is 0 Å². The average molecular weight is 397 g/mol. The predicted octanol–water partition coefficient (Wildman–Crippen LogP) is 2.38. The second-order valence-corrected chi connectivity index (χ2v) is 6.21. The molecule has 0 radical (unpaired) electrons. The molecule has 0 spiro atoms. The minimum absolute atomic E-state index is 0.267. The van der Waals surface area contributed by atoms with E-state index >= 15 is 0 Å². The van der Waals surface area contributed by atoms with Crippen molar-refractivity contribution in [3.8, 4) is 17.1 Å². The summed E-state index contributed by atoms with van der Waals surface area (Å²) in [5.74, 6) is -0.911. The van der Waals surface area contributed by atoms with Crippen molar-refractivity contribution in [1.82, 2.24) is 24.5 Å². The van der Waals surface area contributed by atoms with Gasteiger partial charge in [0.25, 0.3) is 0 Å². The first-order chi connectivity index (χ1) is 13.6. The van der Waals surface area contributed by atoms with Gasteiger partial charge in [-0.1, -0.05) is 47.1 Å². The first-order valence-electron chi connectivity index (χ1n) is 8.18. The monoisotopic (exact) mass is 396 g/mol. The van der Waals surface area contributed by atoms with Crippen molar-refractivity contribution >= 4 is 23.2 Å². The maximum Gasteiger partial charge on any atom is 0.442 e. The fourth-order valence-electron chi connectivity index (χ4n) is 2.68. The summed E-state index contributed by atoms with van der Waals surface area (Å²) in [5, 5.41) is 11.0. The molecule has 0 aliphatic heterocycles. The highest BCUT2D eigenvalue weighted by atomic mass is 35.5. The lowest BCUT2D eigenvalue weighted by Gasteiger charge is -2.12. The summed E-state index contributed by atoms with van der Waals surface area (Å²) in [6.45, 7) is -0.282. The summed E-state index contributed by atoms with van der Waals surface area (Å²) in [6.07, 6.45) is 2.87. The minimum Gasteiger partial charge on any atom is -0.323 e. The zero-order valence-electron chi connectivity index (χ0n) is 14.3. The number of benzene rings is 2. The van der Waals surface area contributed by atoms with Gasteiger partial charge in [-0.15, -0.1) is 0 Å². The Morgan fingerprint density at radius 3 is 2.75 bits per heavy atom. The second kappa shape index (κ2) is 7.49. The Hall–Kier alpha value is -3.72. The number of amides is 1. The molecule has 140 valence electrons. The van der Waals surface area contributed by atoms with Gasteiger partial charge in [-0.2, -0.15) is 5.10 Å². The van der Waals surface area contributed by atoms with E-state index in [0.717, 1.165) is 4.57 Å². The number of hydrogen-bond acceptors (Lipinski definition) is 6. The largest absolute Gasteiger partial charge is 0.442 e. The van der Waals surface area contributed by atoms with Crippen molar-refractivity contribution in [1.29, 1.82) is 0 Å². The third-order valence-corrected chi connectivity index (χ3v) is 4.15. The molecule has 0 aliphatic rings. The molecule has 2 aromatic heterocycles. The summed E-state index contributed by atoms with van der Waals surface area (Å²) in [6, 6.07) is 13.9. The van der Waals surface area contributed by atoms with Crippen LogP contribution in [0.3, 0.4) is 0 Å². The van der Waals surface area contributed by atoms with Crippen molar-refractivity contribution in [2.75, 3.05) is 5.32 Å². The number of anilines is 1. The molecule has 0 atom stereocenters. The zero-order valence-corrected chi connectivity index (χ0v) is 15.1. The third-order valence-electron chi connectivity index (χ3n) is 3.92. The zero-order chi connectivity index (χ0) is 19.5. The van der Waals surface area contributed by atoms with Crippen LogP contribution in [0.5, 0.6) is 0 Å². The van der Waals surface area contributed by atoms with Crippen molar-refractivity contribution in [3.63, 3.8) is 0 Å². The SMILES string of the molecule is O=C(Cn1c(-c2ccccc2)noc1=O)Nc1cc(Cl)ccc1-n1cncn1. The molecule has 0 saturated carbocycles. The van der Waals surface area contributed by atoms with E-state index in [4.69, 9.17) is 16.1 Å². The normalized spacial score (nSPS) is 10.8. The summed E-state index contributed by atoms with van der Waals surface area (Å²) in [7, 11) is 0. The molecule has 0 saturated heterocycles. The molecule has 10 heteroatoms. The second-order valence-electron chi connectivity index (χ2n) is 5.77. The maximum absolute atomic E-state index is 12.6. The molecular weight excluding hydrogens is 384 g/mol. The smallest absolute Gasteiger partial charge is 0.323 e. The molecule has 1 N–H and O–H groups in total. The fourth-order valence-corrected chi connectivity index (χ4v) is 2.85. The minimum atomic E-state index is -0.725. The average Bonchev–Trinajstić information content (AvgIpc) is 3.34. The lowest BCUT2D eigenvalue weighted by Crippen LogP contribution is -2.26. The number of carbonyl (C=O) groups excluding carboxylic acids is 1. The number of hydrogen-bond donors (Lipinski definition) is 1. The molecule has 28 heavy (non-hydrogen) atoms. The number of carbonyl (C=O) groups is 1. The van der Waals surface area contributed by atoms with Gasteiger partial charge in [-0.25, -0.2) is 19.0 Å². The molecular formula is C18H13ClN6O3. The number of rotatable bonds is 5. The van der Waals surface area contributed by atoms with Gasteiger partial charge < -0.3 is 5.32 Å². The third kappa shape index (κ3) is 3.55. The van der Waals surface area contributed by atoms with Gasteiger partial charge in [-0.3, -0.25) is 9.32 Å². The molecule has 9 nitrogen and oxygen atoms in total. The Labute approximate surface area is 163 Å². The van der Waals surface area contributed by atoms with Gasteiger partial charge in [0.15, 0.2) is 5.82 Å². The van der Waals surface area contributed by atoms with Gasteiger partial charge >= 0.3 is 5.76 Å². The molecule has 0 unspecified atom stereocenters. The number of nitrogens with zero attached hydrogens (tertiary/aromatic N) is 5.